The molecule has 1 aromatic heterocycles. The summed E-state index contributed by atoms with van der Waals surface area (Å²) in [4.78, 5) is 16.6. The third-order valence-corrected chi connectivity index (χ3v) is 3.64. The fourth-order valence-electron chi connectivity index (χ4n) is 2.32. The molecule has 0 aliphatic rings. The Morgan fingerprint density at radius 1 is 1.04 bits per heavy atom. The molecular weight excluding hydrogens is 312 g/mol. The number of aromatic nitrogens is 1. The summed E-state index contributed by atoms with van der Waals surface area (Å²) in [6.07, 6.45) is 3.14. The monoisotopic (exact) mass is 328 g/mol. The number of anilines is 3. The third-order valence-electron chi connectivity index (χ3n) is 3.64. The summed E-state index contributed by atoms with van der Waals surface area (Å²) in [5, 5.41) is 15.1. The molecule has 3 aromatic rings. The number of aryl methyl sites for hydroxylation is 1. The van der Waals surface area contributed by atoms with E-state index in [1.165, 1.54) is 11.8 Å². The summed E-state index contributed by atoms with van der Waals surface area (Å²) in [6, 6.07) is 18.6. The van der Waals surface area contributed by atoms with Gasteiger partial charge in [-0.2, -0.15) is 5.26 Å². The highest BCUT2D eigenvalue weighted by molar-refractivity contribution is 6.05. The molecule has 25 heavy (non-hydrogen) atoms. The largest absolute Gasteiger partial charge is 0.354 e. The first-order valence-electron chi connectivity index (χ1n) is 7.75. The predicted octanol–water partition coefficient (Wildman–Crippen LogP) is 4.26. The maximum absolute atomic E-state index is 12.4. The van der Waals surface area contributed by atoms with E-state index < -0.39 is 0 Å². The van der Waals surface area contributed by atoms with Crippen LogP contribution in [0.25, 0.3) is 0 Å². The number of hydrogen-bond donors (Lipinski definition) is 2. The van der Waals surface area contributed by atoms with E-state index in [1.807, 2.05) is 31.2 Å². The van der Waals surface area contributed by atoms with Crippen LogP contribution >= 0.6 is 0 Å². The quantitative estimate of drug-likeness (QED) is 0.750. The molecule has 0 bridgehead atoms. The van der Waals surface area contributed by atoms with Crippen molar-refractivity contribution in [1.29, 1.82) is 5.26 Å². The lowest BCUT2D eigenvalue weighted by Gasteiger charge is -2.09. The van der Waals surface area contributed by atoms with Crippen molar-refractivity contribution in [2.24, 2.45) is 0 Å². The first-order chi connectivity index (χ1) is 12.2. The van der Waals surface area contributed by atoms with Gasteiger partial charge in [0, 0.05) is 11.9 Å². The second kappa shape index (κ2) is 7.28. The molecule has 5 nitrogen and oxygen atoms in total. The van der Waals surface area contributed by atoms with Crippen molar-refractivity contribution >= 4 is 23.0 Å². The van der Waals surface area contributed by atoms with Crippen molar-refractivity contribution in [1.82, 2.24) is 4.98 Å². The smallest absolute Gasteiger partial charge is 0.257 e. The first-order valence-corrected chi connectivity index (χ1v) is 7.75. The number of carbonyl (C=O) groups excluding carboxylic acids is 1. The van der Waals surface area contributed by atoms with E-state index in [4.69, 9.17) is 5.26 Å². The molecular formula is C20H16N4O. The number of nitriles is 1. The van der Waals surface area contributed by atoms with Gasteiger partial charge in [0.15, 0.2) is 0 Å². The SMILES string of the molecule is Cc1ccc(Nc2cncc(C(=O)Nc3ccccc3C#N)c2)cc1. The van der Waals surface area contributed by atoms with Crippen LogP contribution < -0.4 is 10.6 Å². The van der Waals surface area contributed by atoms with E-state index in [0.29, 0.717) is 22.5 Å². The third kappa shape index (κ3) is 4.01. The van der Waals surface area contributed by atoms with Gasteiger partial charge in [-0.15, -0.1) is 0 Å². The summed E-state index contributed by atoms with van der Waals surface area (Å²) >= 11 is 0. The molecule has 0 aliphatic carbocycles. The van der Waals surface area contributed by atoms with E-state index in [1.54, 1.807) is 36.5 Å². The Balaban J connectivity index is 1.77. The maximum atomic E-state index is 12.4. The molecule has 0 atom stereocenters. The molecule has 0 spiro atoms. The minimum atomic E-state index is -0.317. The minimum absolute atomic E-state index is 0.317. The molecule has 2 aromatic carbocycles. The molecule has 0 radical (unpaired) electrons. The summed E-state index contributed by atoms with van der Waals surface area (Å²) in [6.45, 7) is 2.02. The van der Waals surface area contributed by atoms with E-state index in [0.717, 1.165) is 5.69 Å². The second-order valence-corrected chi connectivity index (χ2v) is 5.56. The van der Waals surface area contributed by atoms with Gasteiger partial charge in [-0.05, 0) is 37.3 Å². The van der Waals surface area contributed by atoms with E-state index >= 15 is 0 Å². The van der Waals surface area contributed by atoms with Gasteiger partial charge < -0.3 is 10.6 Å². The topological polar surface area (TPSA) is 77.8 Å². The van der Waals surface area contributed by atoms with Gasteiger partial charge in [0.05, 0.1) is 28.7 Å². The Hall–Kier alpha value is -3.65. The number of hydrogen-bond acceptors (Lipinski definition) is 4. The van der Waals surface area contributed by atoms with Crippen LogP contribution in [0.5, 0.6) is 0 Å². The van der Waals surface area contributed by atoms with Gasteiger partial charge in [-0.1, -0.05) is 29.8 Å². The lowest BCUT2D eigenvalue weighted by molar-refractivity contribution is 0.102. The lowest BCUT2D eigenvalue weighted by atomic mass is 10.1. The van der Waals surface area contributed by atoms with E-state index in [9.17, 15) is 4.79 Å². The molecule has 3 rings (SSSR count). The molecule has 0 fully saturated rings. The van der Waals surface area contributed by atoms with Gasteiger partial charge in [-0.3, -0.25) is 9.78 Å². The van der Waals surface area contributed by atoms with Crippen LogP contribution in [0.3, 0.4) is 0 Å². The fourth-order valence-corrected chi connectivity index (χ4v) is 2.32. The normalized spacial score (nSPS) is 9.92. The van der Waals surface area contributed by atoms with Crippen LogP contribution in [0.2, 0.25) is 0 Å². The Kier molecular flexibility index (Phi) is 4.72. The number of rotatable bonds is 4. The Bertz CT molecular complexity index is 942. The van der Waals surface area contributed by atoms with Crippen molar-refractivity contribution in [2.45, 2.75) is 6.92 Å². The molecule has 0 saturated carbocycles. The van der Waals surface area contributed by atoms with Crippen molar-refractivity contribution in [3.05, 3.63) is 83.7 Å². The molecule has 5 heteroatoms. The van der Waals surface area contributed by atoms with Gasteiger partial charge >= 0.3 is 0 Å². The molecule has 122 valence electrons. The highest BCUT2D eigenvalue weighted by Gasteiger charge is 2.10. The molecule has 1 amide bonds. The standard InChI is InChI=1S/C20H16N4O/c1-14-6-8-17(9-7-14)23-18-10-16(12-22-13-18)20(25)24-19-5-3-2-4-15(19)11-21/h2-10,12-13,23H,1H3,(H,24,25). The summed E-state index contributed by atoms with van der Waals surface area (Å²) in [5.74, 6) is -0.317. The molecule has 0 aliphatic heterocycles. The van der Waals surface area contributed by atoms with Crippen LogP contribution in [-0.2, 0) is 0 Å². The maximum Gasteiger partial charge on any atom is 0.257 e. The molecule has 0 saturated heterocycles. The van der Waals surface area contributed by atoms with E-state index in [2.05, 4.69) is 21.7 Å². The summed E-state index contributed by atoms with van der Waals surface area (Å²) in [5.41, 5.74) is 4.10. The van der Waals surface area contributed by atoms with Gasteiger partial charge in [-0.25, -0.2) is 0 Å². The Labute approximate surface area is 146 Å². The van der Waals surface area contributed by atoms with Crippen molar-refractivity contribution in [3.8, 4) is 6.07 Å². The Morgan fingerprint density at radius 3 is 2.56 bits per heavy atom. The number of benzene rings is 2. The highest BCUT2D eigenvalue weighted by atomic mass is 16.1. The van der Waals surface area contributed by atoms with E-state index in [-0.39, 0.29) is 5.91 Å². The van der Waals surface area contributed by atoms with Crippen LogP contribution in [0, 0.1) is 18.3 Å². The van der Waals surface area contributed by atoms with Gasteiger partial charge in [0.1, 0.15) is 6.07 Å². The zero-order chi connectivity index (χ0) is 17.6. The van der Waals surface area contributed by atoms with Gasteiger partial charge in [0.25, 0.3) is 5.91 Å². The number of amides is 1. The average molecular weight is 328 g/mol. The number of nitrogens with zero attached hydrogens (tertiary/aromatic N) is 2. The van der Waals surface area contributed by atoms with Gasteiger partial charge in [0.2, 0.25) is 0 Å². The molecule has 2 N–H and O–H groups in total. The predicted molar refractivity (Wildman–Crippen MR) is 97.8 cm³/mol. The number of nitrogens with one attached hydrogen (secondary N) is 2. The zero-order valence-electron chi connectivity index (χ0n) is 13.7. The number of carbonyl (C=O) groups is 1. The number of pyridine rings is 1. The lowest BCUT2D eigenvalue weighted by Crippen LogP contribution is -2.13. The second-order valence-electron chi connectivity index (χ2n) is 5.56. The van der Waals surface area contributed by atoms with Crippen molar-refractivity contribution in [2.75, 3.05) is 10.6 Å². The zero-order valence-corrected chi connectivity index (χ0v) is 13.7. The van der Waals surface area contributed by atoms with Crippen LogP contribution in [-0.4, -0.2) is 10.9 Å². The minimum Gasteiger partial charge on any atom is -0.354 e. The van der Waals surface area contributed by atoms with Crippen molar-refractivity contribution in [3.63, 3.8) is 0 Å². The first kappa shape index (κ1) is 16.2. The summed E-state index contributed by atoms with van der Waals surface area (Å²) < 4.78 is 0. The average Bonchev–Trinajstić information content (AvgIpc) is 2.64. The fraction of sp³-hybridized carbons (Fsp3) is 0.0500. The highest BCUT2D eigenvalue weighted by Crippen LogP contribution is 2.19. The summed E-state index contributed by atoms with van der Waals surface area (Å²) in [7, 11) is 0. The Morgan fingerprint density at radius 2 is 1.80 bits per heavy atom. The number of para-hydroxylation sites is 1. The van der Waals surface area contributed by atoms with Crippen LogP contribution in [0.15, 0.2) is 67.0 Å². The van der Waals surface area contributed by atoms with Crippen molar-refractivity contribution < 1.29 is 4.79 Å². The van der Waals surface area contributed by atoms with Crippen LogP contribution in [0.4, 0.5) is 17.1 Å². The molecule has 0 unspecified atom stereocenters. The molecule has 1 heterocycles. The van der Waals surface area contributed by atoms with Crippen LogP contribution in [0.1, 0.15) is 21.5 Å².